The van der Waals surface area contributed by atoms with Crippen molar-refractivity contribution in [1.29, 1.82) is 0 Å². The average molecular weight is 436 g/mol. The third kappa shape index (κ3) is 4.95. The fraction of sp³-hybridized carbons (Fsp3) is 0.300. The summed E-state index contributed by atoms with van der Waals surface area (Å²) in [4.78, 5) is 4.28. The molecule has 0 fully saturated rings. The van der Waals surface area contributed by atoms with Gasteiger partial charge in [-0.15, -0.1) is 0 Å². The SMILES string of the molecule is COc1ccc(S(=O)(=O)NCc2nc(-c3ccc(C(C)(C)C)cc3)no2)cc1Cl. The maximum atomic E-state index is 12.5. The third-order valence-electron chi connectivity index (χ3n) is 4.32. The molecule has 0 aliphatic rings. The van der Waals surface area contributed by atoms with Crippen molar-refractivity contribution >= 4 is 21.6 Å². The van der Waals surface area contributed by atoms with E-state index in [9.17, 15) is 8.42 Å². The first kappa shape index (κ1) is 21.3. The van der Waals surface area contributed by atoms with E-state index in [2.05, 4.69) is 35.6 Å². The summed E-state index contributed by atoms with van der Waals surface area (Å²) in [6.45, 7) is 6.27. The van der Waals surface area contributed by atoms with Crippen molar-refractivity contribution < 1.29 is 17.7 Å². The molecule has 0 saturated heterocycles. The van der Waals surface area contributed by atoms with Gasteiger partial charge in [0.15, 0.2) is 0 Å². The van der Waals surface area contributed by atoms with Crippen molar-refractivity contribution in [3.8, 4) is 17.1 Å². The molecule has 0 saturated carbocycles. The van der Waals surface area contributed by atoms with Gasteiger partial charge in [-0.2, -0.15) is 4.98 Å². The maximum Gasteiger partial charge on any atom is 0.242 e. The molecule has 3 aromatic rings. The predicted molar refractivity (Wildman–Crippen MR) is 110 cm³/mol. The minimum Gasteiger partial charge on any atom is -0.495 e. The number of ether oxygens (including phenoxy) is 1. The monoisotopic (exact) mass is 435 g/mol. The number of aromatic nitrogens is 2. The molecule has 0 aliphatic heterocycles. The summed E-state index contributed by atoms with van der Waals surface area (Å²) in [5, 5.41) is 4.13. The molecule has 3 rings (SSSR count). The van der Waals surface area contributed by atoms with Gasteiger partial charge >= 0.3 is 0 Å². The topological polar surface area (TPSA) is 94.3 Å². The minimum atomic E-state index is -3.80. The number of halogens is 1. The maximum absolute atomic E-state index is 12.5. The van der Waals surface area contributed by atoms with Gasteiger partial charge in [-0.3, -0.25) is 0 Å². The molecule has 0 bridgehead atoms. The Labute approximate surface area is 175 Å². The molecular weight excluding hydrogens is 414 g/mol. The van der Waals surface area contributed by atoms with E-state index in [1.54, 1.807) is 0 Å². The van der Waals surface area contributed by atoms with Gasteiger partial charge in [0.1, 0.15) is 5.75 Å². The molecule has 1 N–H and O–H groups in total. The normalized spacial score (nSPS) is 12.2. The highest BCUT2D eigenvalue weighted by molar-refractivity contribution is 7.89. The van der Waals surface area contributed by atoms with Crippen LogP contribution in [0.15, 0.2) is 51.9 Å². The fourth-order valence-electron chi connectivity index (χ4n) is 2.62. The van der Waals surface area contributed by atoms with Crippen LogP contribution in [0.3, 0.4) is 0 Å². The number of nitrogens with one attached hydrogen (secondary N) is 1. The minimum absolute atomic E-state index is 0.0146. The van der Waals surface area contributed by atoms with Crippen LogP contribution in [0.25, 0.3) is 11.4 Å². The zero-order chi connectivity index (χ0) is 21.2. The summed E-state index contributed by atoms with van der Waals surface area (Å²) < 4.78 is 37.6. The van der Waals surface area contributed by atoms with Crippen LogP contribution >= 0.6 is 11.6 Å². The Bertz CT molecular complexity index is 1100. The summed E-state index contributed by atoms with van der Waals surface area (Å²) >= 11 is 6.00. The second kappa shape index (κ2) is 8.14. The van der Waals surface area contributed by atoms with Gasteiger partial charge in [0.05, 0.1) is 23.6 Å². The highest BCUT2D eigenvalue weighted by Crippen LogP contribution is 2.27. The molecule has 7 nitrogen and oxygen atoms in total. The van der Waals surface area contributed by atoms with Crippen molar-refractivity contribution in [2.24, 2.45) is 0 Å². The zero-order valence-corrected chi connectivity index (χ0v) is 18.1. The molecule has 29 heavy (non-hydrogen) atoms. The van der Waals surface area contributed by atoms with E-state index in [1.165, 1.54) is 30.9 Å². The standard InChI is InChI=1S/C20H22ClN3O4S/c1-20(2,3)14-7-5-13(6-8-14)19-23-18(28-24-19)12-22-29(25,26)15-9-10-17(27-4)16(21)11-15/h5-11,22H,12H2,1-4H3. The summed E-state index contributed by atoms with van der Waals surface area (Å²) in [5.41, 5.74) is 2.03. The molecule has 0 aliphatic carbocycles. The van der Waals surface area contributed by atoms with Crippen LogP contribution < -0.4 is 9.46 Å². The van der Waals surface area contributed by atoms with Crippen molar-refractivity contribution in [3.05, 3.63) is 58.9 Å². The number of sulfonamides is 1. The van der Waals surface area contributed by atoms with E-state index in [-0.39, 0.29) is 27.8 Å². The Kier molecular flexibility index (Phi) is 5.97. The second-order valence-electron chi connectivity index (χ2n) is 7.46. The second-order valence-corrected chi connectivity index (χ2v) is 9.63. The quantitative estimate of drug-likeness (QED) is 0.624. The van der Waals surface area contributed by atoms with Gasteiger partial charge in [0.2, 0.25) is 21.7 Å². The Hall–Kier alpha value is -2.42. The molecule has 0 unspecified atom stereocenters. The number of methoxy groups -OCH3 is 1. The van der Waals surface area contributed by atoms with Gasteiger partial charge in [0, 0.05) is 5.56 Å². The van der Waals surface area contributed by atoms with Crippen LogP contribution in [0, 0.1) is 0 Å². The van der Waals surface area contributed by atoms with Crippen LogP contribution in [-0.2, 0) is 22.0 Å². The lowest BCUT2D eigenvalue weighted by Crippen LogP contribution is -2.23. The molecule has 0 radical (unpaired) electrons. The number of hydrogen-bond donors (Lipinski definition) is 1. The van der Waals surface area contributed by atoms with Crippen LogP contribution in [0.2, 0.25) is 5.02 Å². The predicted octanol–water partition coefficient (Wildman–Crippen LogP) is 4.17. The fourth-order valence-corrected chi connectivity index (χ4v) is 3.94. The van der Waals surface area contributed by atoms with E-state index in [0.717, 1.165) is 5.56 Å². The number of rotatable bonds is 6. The Morgan fingerprint density at radius 2 is 1.83 bits per heavy atom. The highest BCUT2D eigenvalue weighted by atomic mass is 35.5. The smallest absolute Gasteiger partial charge is 0.242 e. The lowest BCUT2D eigenvalue weighted by molar-refractivity contribution is 0.376. The van der Waals surface area contributed by atoms with E-state index in [4.69, 9.17) is 20.9 Å². The Morgan fingerprint density at radius 1 is 1.14 bits per heavy atom. The Balaban J connectivity index is 1.71. The first-order valence-corrected chi connectivity index (χ1v) is 10.7. The molecule has 1 heterocycles. The van der Waals surface area contributed by atoms with Crippen molar-refractivity contribution in [1.82, 2.24) is 14.9 Å². The molecular formula is C20H22ClN3O4S. The number of nitrogens with zero attached hydrogens (tertiary/aromatic N) is 2. The van der Waals surface area contributed by atoms with Crippen LogP contribution in [0.5, 0.6) is 5.75 Å². The molecule has 0 spiro atoms. The molecule has 1 aromatic heterocycles. The lowest BCUT2D eigenvalue weighted by Gasteiger charge is -2.18. The summed E-state index contributed by atoms with van der Waals surface area (Å²) in [7, 11) is -2.35. The largest absolute Gasteiger partial charge is 0.495 e. The van der Waals surface area contributed by atoms with Crippen LogP contribution in [0.1, 0.15) is 32.2 Å². The molecule has 2 aromatic carbocycles. The average Bonchev–Trinajstić information content (AvgIpc) is 3.15. The van der Waals surface area contributed by atoms with E-state index in [1.807, 2.05) is 24.3 Å². The first-order chi connectivity index (χ1) is 13.6. The lowest BCUT2D eigenvalue weighted by atomic mass is 9.87. The Morgan fingerprint density at radius 3 is 2.41 bits per heavy atom. The van der Waals surface area contributed by atoms with Crippen molar-refractivity contribution in [3.63, 3.8) is 0 Å². The first-order valence-electron chi connectivity index (χ1n) is 8.87. The van der Waals surface area contributed by atoms with Gasteiger partial charge in [-0.05, 0) is 29.2 Å². The van der Waals surface area contributed by atoms with Crippen molar-refractivity contribution in [2.75, 3.05) is 7.11 Å². The summed E-state index contributed by atoms with van der Waals surface area (Å²) in [6.07, 6.45) is 0. The summed E-state index contributed by atoms with van der Waals surface area (Å²) in [6, 6.07) is 12.1. The van der Waals surface area contributed by atoms with Gasteiger partial charge in [-0.1, -0.05) is 61.8 Å². The number of hydrogen-bond acceptors (Lipinski definition) is 6. The molecule has 154 valence electrons. The van der Waals surface area contributed by atoms with Crippen molar-refractivity contribution in [2.45, 2.75) is 37.6 Å². The van der Waals surface area contributed by atoms with Gasteiger partial charge in [-0.25, -0.2) is 13.1 Å². The van der Waals surface area contributed by atoms with Gasteiger partial charge in [0.25, 0.3) is 0 Å². The highest BCUT2D eigenvalue weighted by Gasteiger charge is 2.18. The van der Waals surface area contributed by atoms with Gasteiger partial charge < -0.3 is 9.26 Å². The third-order valence-corrected chi connectivity index (χ3v) is 6.02. The van der Waals surface area contributed by atoms with E-state index in [0.29, 0.717) is 11.6 Å². The molecule has 0 atom stereocenters. The van der Waals surface area contributed by atoms with Crippen LogP contribution in [0.4, 0.5) is 0 Å². The molecule has 9 heteroatoms. The van der Waals surface area contributed by atoms with E-state index < -0.39 is 10.0 Å². The van der Waals surface area contributed by atoms with E-state index >= 15 is 0 Å². The zero-order valence-electron chi connectivity index (χ0n) is 16.6. The number of benzene rings is 2. The molecule has 0 amide bonds. The summed E-state index contributed by atoms with van der Waals surface area (Å²) in [5.74, 6) is 0.944. The van der Waals surface area contributed by atoms with Crippen LogP contribution in [-0.4, -0.2) is 25.7 Å².